The van der Waals surface area contributed by atoms with Gasteiger partial charge in [-0.05, 0) is 43.8 Å². The normalized spacial score (nSPS) is 15.9. The number of amides is 2. The Morgan fingerprint density at radius 3 is 2.44 bits per heavy atom. The summed E-state index contributed by atoms with van der Waals surface area (Å²) in [5.74, 6) is -0.758. The van der Waals surface area contributed by atoms with Crippen molar-refractivity contribution in [1.29, 1.82) is 0 Å². The molecule has 3 N–H and O–H groups in total. The highest BCUT2D eigenvalue weighted by Gasteiger charge is 2.34. The number of nitrogens with zero attached hydrogens (tertiary/aromatic N) is 3. The van der Waals surface area contributed by atoms with Gasteiger partial charge in [0.1, 0.15) is 12.4 Å². The molecule has 0 bridgehead atoms. The number of nitrogens with one attached hydrogen (secondary N) is 1. The fourth-order valence-corrected chi connectivity index (χ4v) is 4.16. The molecule has 1 aliphatic rings. The number of para-hydroxylation sites is 1. The monoisotopic (exact) mass is 492 g/mol. The molecule has 0 radical (unpaired) electrons. The van der Waals surface area contributed by atoms with E-state index in [-0.39, 0.29) is 6.54 Å². The predicted molar refractivity (Wildman–Crippen MR) is 135 cm³/mol. The van der Waals surface area contributed by atoms with E-state index in [2.05, 4.69) is 15.2 Å². The van der Waals surface area contributed by atoms with E-state index in [0.717, 1.165) is 27.7 Å². The summed E-state index contributed by atoms with van der Waals surface area (Å²) in [5.41, 5.74) is 3.69. The molecule has 2 heterocycles. The highest BCUT2D eigenvalue weighted by molar-refractivity contribution is 5.90. The van der Waals surface area contributed by atoms with Crippen LogP contribution in [0, 0.1) is 6.92 Å². The first-order valence-corrected chi connectivity index (χ1v) is 12.0. The number of aryl methyl sites for hydroxylation is 1. The Balaban J connectivity index is 1.27. The Bertz CT molecular complexity index is 1210. The molecule has 1 aromatic heterocycles. The number of benzene rings is 2. The van der Waals surface area contributed by atoms with E-state index in [1.54, 1.807) is 12.1 Å². The van der Waals surface area contributed by atoms with Crippen molar-refractivity contribution < 1.29 is 24.5 Å². The smallest absolute Gasteiger partial charge is 0.254 e. The lowest BCUT2D eigenvalue weighted by Gasteiger charge is -2.34. The molecule has 190 valence electrons. The fourth-order valence-electron chi connectivity index (χ4n) is 4.16. The zero-order valence-corrected chi connectivity index (χ0v) is 20.6. The van der Waals surface area contributed by atoms with Gasteiger partial charge in [0.2, 0.25) is 0 Å². The number of piperazine rings is 1. The second kappa shape index (κ2) is 11.5. The van der Waals surface area contributed by atoms with Gasteiger partial charge in [0, 0.05) is 49.4 Å². The van der Waals surface area contributed by atoms with E-state index in [9.17, 15) is 19.8 Å². The summed E-state index contributed by atoms with van der Waals surface area (Å²) in [6.45, 7) is 4.75. The van der Waals surface area contributed by atoms with Gasteiger partial charge >= 0.3 is 0 Å². The van der Waals surface area contributed by atoms with Gasteiger partial charge in [0.15, 0.2) is 12.2 Å². The maximum atomic E-state index is 12.4. The molecule has 0 saturated carbocycles. The molecule has 9 nitrogen and oxygen atoms in total. The van der Waals surface area contributed by atoms with Crippen molar-refractivity contribution in [1.82, 2.24) is 20.1 Å². The number of pyridine rings is 1. The molecule has 2 aromatic carbocycles. The number of ether oxygens (including phenoxy) is 1. The van der Waals surface area contributed by atoms with E-state index in [1.165, 1.54) is 4.90 Å². The van der Waals surface area contributed by atoms with Gasteiger partial charge in [0.05, 0.1) is 5.52 Å². The molecule has 1 aliphatic heterocycles. The van der Waals surface area contributed by atoms with Crippen LogP contribution < -0.4 is 10.1 Å². The van der Waals surface area contributed by atoms with E-state index in [1.807, 2.05) is 56.4 Å². The van der Waals surface area contributed by atoms with Crippen molar-refractivity contribution in [3.05, 3.63) is 71.4 Å². The maximum Gasteiger partial charge on any atom is 0.254 e. The van der Waals surface area contributed by atoms with Crippen LogP contribution in [-0.4, -0.2) is 82.2 Å². The number of aliphatic hydroxyl groups is 2. The van der Waals surface area contributed by atoms with Crippen molar-refractivity contribution in [2.45, 2.75) is 32.3 Å². The summed E-state index contributed by atoms with van der Waals surface area (Å²) < 4.78 is 5.96. The molecular formula is C27H32N4O5. The topological polar surface area (TPSA) is 115 Å². The average molecular weight is 493 g/mol. The van der Waals surface area contributed by atoms with Crippen LogP contribution in [0.25, 0.3) is 10.9 Å². The molecule has 3 aromatic rings. The van der Waals surface area contributed by atoms with E-state index in [4.69, 9.17) is 4.74 Å². The average Bonchev–Trinajstić information content (AvgIpc) is 2.90. The van der Waals surface area contributed by atoms with Crippen LogP contribution in [-0.2, 0) is 22.7 Å². The first-order chi connectivity index (χ1) is 17.3. The van der Waals surface area contributed by atoms with Crippen LogP contribution in [0.1, 0.15) is 16.8 Å². The minimum Gasteiger partial charge on any atom is -0.489 e. The first kappa shape index (κ1) is 25.6. The van der Waals surface area contributed by atoms with Crippen LogP contribution >= 0.6 is 0 Å². The highest BCUT2D eigenvalue weighted by atomic mass is 16.5. The number of fused-ring (bicyclic) bond motifs is 1. The van der Waals surface area contributed by atoms with Crippen LogP contribution in [0.4, 0.5) is 0 Å². The number of aliphatic hydroxyl groups excluding tert-OH is 2. The molecule has 1 fully saturated rings. The molecule has 0 aliphatic carbocycles. The number of likely N-dealkylation sites (N-methyl/N-ethyl adjacent to an activating group) is 1. The number of rotatable bonds is 8. The van der Waals surface area contributed by atoms with E-state index in [0.29, 0.717) is 38.5 Å². The van der Waals surface area contributed by atoms with Crippen LogP contribution in [0.2, 0.25) is 0 Å². The number of carbonyl (C=O) groups is 2. The molecule has 36 heavy (non-hydrogen) atoms. The Morgan fingerprint density at radius 1 is 1.03 bits per heavy atom. The fraction of sp³-hybridized carbons (Fsp3) is 0.370. The molecule has 4 rings (SSSR count). The summed E-state index contributed by atoms with van der Waals surface area (Å²) in [4.78, 5) is 32.8. The molecule has 1 saturated heterocycles. The highest BCUT2D eigenvalue weighted by Crippen LogP contribution is 2.21. The molecule has 9 heteroatoms. The van der Waals surface area contributed by atoms with Crippen molar-refractivity contribution in [3.8, 4) is 5.75 Å². The third-order valence-electron chi connectivity index (χ3n) is 6.35. The standard InChI is InChI=1S/C27H32N4O5/c1-18-15-20(22-5-3-4-6-23(22)29-18)17-36-21-9-7-19(8-10-21)16-28-26(34)24(32)25(33)27(35)31-13-11-30(2)12-14-31/h3-10,15,24-25,32-33H,11-14,16-17H2,1-2H3,(H,28,34)/t24-,25-/m1/s1. The summed E-state index contributed by atoms with van der Waals surface area (Å²) >= 11 is 0. The minimum atomic E-state index is -1.83. The lowest BCUT2D eigenvalue weighted by atomic mass is 10.1. The minimum absolute atomic E-state index is 0.139. The predicted octanol–water partition coefficient (Wildman–Crippen LogP) is 1.23. The number of hydrogen-bond acceptors (Lipinski definition) is 7. The number of hydrogen-bond donors (Lipinski definition) is 3. The molecule has 2 atom stereocenters. The second-order valence-corrected chi connectivity index (χ2v) is 9.11. The maximum absolute atomic E-state index is 12.4. The van der Waals surface area contributed by atoms with E-state index >= 15 is 0 Å². The molecule has 0 unspecified atom stereocenters. The van der Waals surface area contributed by atoms with Crippen molar-refractivity contribution in [3.63, 3.8) is 0 Å². The lowest BCUT2D eigenvalue weighted by molar-refractivity contribution is -0.154. The Hall–Kier alpha value is -3.53. The molecule has 0 spiro atoms. The summed E-state index contributed by atoms with van der Waals surface area (Å²) in [6.07, 6.45) is -3.63. The zero-order valence-electron chi connectivity index (χ0n) is 20.6. The van der Waals surface area contributed by atoms with Gasteiger partial charge in [-0.3, -0.25) is 14.6 Å². The lowest BCUT2D eigenvalue weighted by Crippen LogP contribution is -2.55. The summed E-state index contributed by atoms with van der Waals surface area (Å²) in [6, 6.07) is 17.2. The largest absolute Gasteiger partial charge is 0.489 e. The van der Waals surface area contributed by atoms with E-state index < -0.39 is 24.0 Å². The van der Waals surface area contributed by atoms with Gasteiger partial charge in [-0.15, -0.1) is 0 Å². The van der Waals surface area contributed by atoms with Gasteiger partial charge in [-0.1, -0.05) is 30.3 Å². The summed E-state index contributed by atoms with van der Waals surface area (Å²) in [5, 5.41) is 24.0. The van der Waals surface area contributed by atoms with Crippen molar-refractivity contribution in [2.75, 3.05) is 33.2 Å². The third-order valence-corrected chi connectivity index (χ3v) is 6.35. The summed E-state index contributed by atoms with van der Waals surface area (Å²) in [7, 11) is 1.95. The number of carbonyl (C=O) groups excluding carboxylic acids is 2. The van der Waals surface area contributed by atoms with Gasteiger partial charge in [0.25, 0.3) is 11.8 Å². The van der Waals surface area contributed by atoms with Gasteiger partial charge in [-0.25, -0.2) is 0 Å². The Labute approximate surface area is 210 Å². The van der Waals surface area contributed by atoms with Gasteiger partial charge in [-0.2, -0.15) is 0 Å². The van der Waals surface area contributed by atoms with Crippen LogP contribution in [0.3, 0.4) is 0 Å². The van der Waals surface area contributed by atoms with Gasteiger partial charge < -0.3 is 30.1 Å². The zero-order chi connectivity index (χ0) is 25.7. The quantitative estimate of drug-likeness (QED) is 0.433. The van der Waals surface area contributed by atoms with Crippen molar-refractivity contribution >= 4 is 22.7 Å². The third kappa shape index (κ3) is 6.17. The Kier molecular flexibility index (Phi) is 8.14. The molecule has 2 amide bonds. The molecular weight excluding hydrogens is 460 g/mol. The van der Waals surface area contributed by atoms with Crippen LogP contribution in [0.5, 0.6) is 5.75 Å². The Morgan fingerprint density at radius 2 is 1.72 bits per heavy atom. The number of aromatic nitrogens is 1. The second-order valence-electron chi connectivity index (χ2n) is 9.11. The SMILES string of the molecule is Cc1cc(COc2ccc(CNC(=O)[C@H](O)[C@@H](O)C(=O)N3CCN(C)CC3)cc2)c2ccccc2n1. The van der Waals surface area contributed by atoms with Crippen LogP contribution in [0.15, 0.2) is 54.6 Å². The van der Waals surface area contributed by atoms with Crippen molar-refractivity contribution in [2.24, 2.45) is 0 Å². The first-order valence-electron chi connectivity index (χ1n) is 12.0.